The highest BCUT2D eigenvalue weighted by Crippen LogP contribution is 2.35. The number of urea groups is 1. The van der Waals surface area contributed by atoms with Crippen molar-refractivity contribution in [1.82, 2.24) is 20.0 Å². The van der Waals surface area contributed by atoms with Gasteiger partial charge < -0.3 is 10.2 Å². The van der Waals surface area contributed by atoms with Crippen molar-refractivity contribution < 1.29 is 4.79 Å². The Hall–Kier alpha value is -2.30. The topological polar surface area (TPSA) is 50.2 Å². The highest BCUT2D eigenvalue weighted by molar-refractivity contribution is 5.74. The van der Waals surface area contributed by atoms with Crippen molar-refractivity contribution >= 4 is 6.03 Å². The second kappa shape index (κ2) is 7.14. The third kappa shape index (κ3) is 3.35. The van der Waals surface area contributed by atoms with Crippen LogP contribution in [0.1, 0.15) is 42.6 Å². The predicted octanol–water partition coefficient (Wildman–Crippen LogP) is 3.82. The van der Waals surface area contributed by atoms with Crippen LogP contribution in [0.2, 0.25) is 0 Å². The Balaban J connectivity index is 1.44. The van der Waals surface area contributed by atoms with Crippen LogP contribution in [0, 0.1) is 25.7 Å². The number of benzene rings is 1. The molecule has 0 spiro atoms. The molecule has 5 heteroatoms. The van der Waals surface area contributed by atoms with Crippen LogP contribution in [0.25, 0.3) is 5.69 Å². The molecular weight excluding hydrogens is 324 g/mol. The van der Waals surface area contributed by atoms with Crippen molar-refractivity contribution in [2.24, 2.45) is 11.8 Å². The van der Waals surface area contributed by atoms with E-state index in [4.69, 9.17) is 0 Å². The highest BCUT2D eigenvalue weighted by Gasteiger charge is 2.36. The maximum Gasteiger partial charge on any atom is 0.317 e. The Morgan fingerprint density at radius 1 is 1.15 bits per heavy atom. The minimum Gasteiger partial charge on any atom is -0.334 e. The summed E-state index contributed by atoms with van der Waals surface area (Å²) in [4.78, 5) is 14.7. The molecule has 1 aliphatic carbocycles. The number of aromatic nitrogens is 2. The van der Waals surface area contributed by atoms with Crippen molar-refractivity contribution in [3.8, 4) is 5.69 Å². The molecule has 2 atom stereocenters. The van der Waals surface area contributed by atoms with Gasteiger partial charge in [-0.15, -0.1) is 0 Å². The summed E-state index contributed by atoms with van der Waals surface area (Å²) in [6.07, 6.45) is 5.23. The molecule has 1 aromatic carbocycles. The Morgan fingerprint density at radius 3 is 2.50 bits per heavy atom. The number of para-hydroxylation sites is 1. The van der Waals surface area contributed by atoms with Gasteiger partial charge in [-0.1, -0.05) is 31.0 Å². The molecule has 1 aromatic heterocycles. The quantitative estimate of drug-likeness (QED) is 0.913. The molecule has 1 aliphatic heterocycles. The Bertz CT molecular complexity index is 783. The molecule has 26 heavy (non-hydrogen) atoms. The molecule has 2 aromatic rings. The molecule has 2 amide bonds. The zero-order chi connectivity index (χ0) is 18.1. The number of likely N-dealkylation sites (tertiary alicyclic amines) is 1. The zero-order valence-corrected chi connectivity index (χ0v) is 15.7. The summed E-state index contributed by atoms with van der Waals surface area (Å²) >= 11 is 0. The van der Waals surface area contributed by atoms with E-state index in [0.717, 1.165) is 47.6 Å². The van der Waals surface area contributed by atoms with Gasteiger partial charge in [0.05, 0.1) is 11.4 Å². The number of aryl methyl sites for hydroxylation is 2. The first-order chi connectivity index (χ1) is 12.6. The van der Waals surface area contributed by atoms with Crippen molar-refractivity contribution in [2.45, 2.75) is 46.1 Å². The fraction of sp³-hybridized carbons (Fsp3) is 0.524. The Labute approximate surface area is 155 Å². The molecule has 5 nitrogen and oxygen atoms in total. The molecule has 1 N–H and O–H groups in total. The van der Waals surface area contributed by atoms with Crippen LogP contribution in [-0.4, -0.2) is 33.8 Å². The largest absolute Gasteiger partial charge is 0.334 e. The number of nitrogens with zero attached hydrogens (tertiary/aromatic N) is 3. The molecule has 2 fully saturated rings. The summed E-state index contributed by atoms with van der Waals surface area (Å²) in [6.45, 7) is 6.44. The summed E-state index contributed by atoms with van der Waals surface area (Å²) in [5, 5.41) is 7.72. The smallest absolute Gasteiger partial charge is 0.317 e. The van der Waals surface area contributed by atoms with Crippen LogP contribution in [0.5, 0.6) is 0 Å². The summed E-state index contributed by atoms with van der Waals surface area (Å²) in [6, 6.07) is 10.3. The van der Waals surface area contributed by atoms with E-state index in [0.29, 0.717) is 6.54 Å². The lowest BCUT2D eigenvalue weighted by Crippen LogP contribution is -2.38. The van der Waals surface area contributed by atoms with Gasteiger partial charge in [0.1, 0.15) is 0 Å². The molecule has 4 rings (SSSR count). The average molecular weight is 352 g/mol. The van der Waals surface area contributed by atoms with Gasteiger partial charge in [-0.3, -0.25) is 0 Å². The van der Waals surface area contributed by atoms with Gasteiger partial charge in [-0.2, -0.15) is 5.10 Å². The van der Waals surface area contributed by atoms with Gasteiger partial charge in [-0.25, -0.2) is 9.48 Å². The van der Waals surface area contributed by atoms with Crippen LogP contribution in [0.3, 0.4) is 0 Å². The van der Waals surface area contributed by atoms with Crippen molar-refractivity contribution in [3.05, 3.63) is 47.3 Å². The van der Waals surface area contributed by atoms with E-state index in [1.807, 2.05) is 28.6 Å². The lowest BCUT2D eigenvalue weighted by Gasteiger charge is -2.22. The molecule has 0 unspecified atom stereocenters. The van der Waals surface area contributed by atoms with E-state index >= 15 is 0 Å². The number of carbonyl (C=O) groups excluding carboxylic acids is 1. The number of amides is 2. The van der Waals surface area contributed by atoms with Crippen LogP contribution < -0.4 is 5.32 Å². The van der Waals surface area contributed by atoms with E-state index in [2.05, 4.69) is 35.5 Å². The first-order valence-corrected chi connectivity index (χ1v) is 9.76. The summed E-state index contributed by atoms with van der Waals surface area (Å²) < 4.78 is 1.96. The van der Waals surface area contributed by atoms with Crippen molar-refractivity contribution in [2.75, 3.05) is 13.1 Å². The highest BCUT2D eigenvalue weighted by atomic mass is 16.2. The van der Waals surface area contributed by atoms with Gasteiger partial charge in [0, 0.05) is 25.3 Å². The van der Waals surface area contributed by atoms with E-state index in [1.165, 1.54) is 25.7 Å². The second-order valence-corrected chi connectivity index (χ2v) is 7.84. The summed E-state index contributed by atoms with van der Waals surface area (Å²) in [5.74, 6) is 1.44. The minimum atomic E-state index is 0.0718. The molecule has 2 aliphatic rings. The average Bonchev–Trinajstić information content (AvgIpc) is 3.22. The lowest BCUT2D eigenvalue weighted by molar-refractivity contribution is 0.206. The molecule has 138 valence electrons. The molecule has 2 heterocycles. The fourth-order valence-corrected chi connectivity index (χ4v) is 4.59. The SMILES string of the molecule is Cc1cc(C)n(-c2ccccc2CNC(=O)N2C[C@H]3CCCC[C@H]3C2)n1. The number of fused-ring (bicyclic) bond motifs is 1. The lowest BCUT2D eigenvalue weighted by atomic mass is 9.82. The van der Waals surface area contributed by atoms with Gasteiger partial charge in [0.25, 0.3) is 0 Å². The van der Waals surface area contributed by atoms with Gasteiger partial charge in [0.2, 0.25) is 0 Å². The van der Waals surface area contributed by atoms with Crippen LogP contribution in [0.4, 0.5) is 4.79 Å². The number of rotatable bonds is 3. The number of nitrogens with one attached hydrogen (secondary N) is 1. The number of hydrogen-bond acceptors (Lipinski definition) is 2. The van der Waals surface area contributed by atoms with Gasteiger partial charge in [0.15, 0.2) is 0 Å². The molecule has 1 saturated carbocycles. The standard InChI is InChI=1S/C21H28N4O/c1-15-11-16(2)25(23-15)20-10-6-5-7-17(20)12-22-21(26)24-13-18-8-3-4-9-19(18)14-24/h5-7,10-11,18-19H,3-4,8-9,12-14H2,1-2H3,(H,22,26)/t18-,19+. The number of hydrogen-bond donors (Lipinski definition) is 1. The Morgan fingerprint density at radius 2 is 1.85 bits per heavy atom. The molecule has 0 bridgehead atoms. The molecular formula is C21H28N4O. The van der Waals surface area contributed by atoms with E-state index in [9.17, 15) is 4.79 Å². The first-order valence-electron chi connectivity index (χ1n) is 9.76. The third-order valence-corrected chi connectivity index (χ3v) is 5.92. The Kier molecular flexibility index (Phi) is 4.70. The first kappa shape index (κ1) is 17.1. The normalized spacial score (nSPS) is 22.3. The van der Waals surface area contributed by atoms with Gasteiger partial charge >= 0.3 is 6.03 Å². The van der Waals surface area contributed by atoms with E-state index in [-0.39, 0.29) is 6.03 Å². The minimum absolute atomic E-state index is 0.0718. The molecule has 1 saturated heterocycles. The van der Waals surface area contributed by atoms with Crippen molar-refractivity contribution in [1.29, 1.82) is 0 Å². The van der Waals surface area contributed by atoms with Crippen LogP contribution >= 0.6 is 0 Å². The van der Waals surface area contributed by atoms with Crippen LogP contribution in [0.15, 0.2) is 30.3 Å². The maximum atomic E-state index is 12.7. The zero-order valence-electron chi connectivity index (χ0n) is 15.7. The van der Waals surface area contributed by atoms with Crippen LogP contribution in [-0.2, 0) is 6.54 Å². The monoisotopic (exact) mass is 352 g/mol. The molecule has 0 radical (unpaired) electrons. The maximum absolute atomic E-state index is 12.7. The van der Waals surface area contributed by atoms with Crippen molar-refractivity contribution in [3.63, 3.8) is 0 Å². The van der Waals surface area contributed by atoms with E-state index < -0.39 is 0 Å². The summed E-state index contributed by atoms with van der Waals surface area (Å²) in [5.41, 5.74) is 4.23. The summed E-state index contributed by atoms with van der Waals surface area (Å²) in [7, 11) is 0. The second-order valence-electron chi connectivity index (χ2n) is 7.84. The van der Waals surface area contributed by atoms with E-state index in [1.54, 1.807) is 0 Å². The predicted molar refractivity (Wildman–Crippen MR) is 102 cm³/mol. The number of carbonyl (C=O) groups is 1. The fourth-order valence-electron chi connectivity index (χ4n) is 4.59. The third-order valence-electron chi connectivity index (χ3n) is 5.92. The van der Waals surface area contributed by atoms with Gasteiger partial charge in [-0.05, 0) is 56.2 Å².